The number of H-pyrrole nitrogens is 2. The lowest BCUT2D eigenvalue weighted by molar-refractivity contribution is -0.112. The molecule has 4 N–H and O–H groups in total. The lowest BCUT2D eigenvalue weighted by atomic mass is 10.2. The van der Waals surface area contributed by atoms with Crippen LogP contribution in [0.4, 0.5) is 5.82 Å². The van der Waals surface area contributed by atoms with Crippen LogP contribution in [0.15, 0.2) is 42.3 Å². The van der Waals surface area contributed by atoms with Gasteiger partial charge >= 0.3 is 0 Å². The number of Topliss-reactive ketones (excluding diaryl/α,β-unsaturated/α-hetero) is 1. The summed E-state index contributed by atoms with van der Waals surface area (Å²) < 4.78 is 0. The Morgan fingerprint density at radius 2 is 2.10 bits per heavy atom. The Hall–Kier alpha value is -3.09. The summed E-state index contributed by atoms with van der Waals surface area (Å²) >= 11 is 0. The molecule has 1 aliphatic heterocycles. The van der Waals surface area contributed by atoms with Crippen LogP contribution in [0.25, 0.3) is 16.6 Å². The Morgan fingerprint density at radius 1 is 1.24 bits per heavy atom. The maximum absolute atomic E-state index is 12.3. The van der Waals surface area contributed by atoms with Crippen LogP contribution in [0.2, 0.25) is 0 Å². The number of hydrogen-bond donors (Lipinski definition) is 3. The van der Waals surface area contributed by atoms with E-state index in [2.05, 4.69) is 20.2 Å². The number of ketones is 1. The fourth-order valence-corrected chi connectivity index (χ4v) is 2.52. The van der Waals surface area contributed by atoms with Crippen molar-refractivity contribution in [2.45, 2.75) is 0 Å². The summed E-state index contributed by atoms with van der Waals surface area (Å²) in [5.74, 6) is 1.50. The van der Waals surface area contributed by atoms with Crippen LogP contribution in [0.1, 0.15) is 5.82 Å². The minimum atomic E-state index is -0.0684. The number of para-hydroxylation sites is 2. The van der Waals surface area contributed by atoms with Crippen molar-refractivity contribution in [2.24, 2.45) is 5.73 Å². The molecule has 0 bridgehead atoms. The summed E-state index contributed by atoms with van der Waals surface area (Å²) in [6.45, 7) is 0.181. The van der Waals surface area contributed by atoms with E-state index in [1.165, 1.54) is 0 Å². The normalized spacial score (nSPS) is 15.4. The molecule has 21 heavy (non-hydrogen) atoms. The number of carbonyl (C=O) groups excluding carboxylic acids is 1. The summed E-state index contributed by atoms with van der Waals surface area (Å²) in [4.78, 5) is 21.6. The highest BCUT2D eigenvalue weighted by Gasteiger charge is 2.32. The maximum atomic E-state index is 12.3. The second kappa shape index (κ2) is 4.20. The fourth-order valence-electron chi connectivity index (χ4n) is 2.52. The Bertz CT molecular complexity index is 828. The Morgan fingerprint density at radius 3 is 2.86 bits per heavy atom. The molecule has 0 atom stereocenters. The van der Waals surface area contributed by atoms with Gasteiger partial charge in [-0.1, -0.05) is 12.1 Å². The van der Waals surface area contributed by atoms with Gasteiger partial charge in [-0.05, 0) is 12.1 Å². The molecule has 0 spiro atoms. The highest BCUT2D eigenvalue weighted by molar-refractivity contribution is 6.26. The van der Waals surface area contributed by atoms with Crippen molar-refractivity contribution >= 4 is 28.2 Å². The largest absolute Gasteiger partial charge is 0.384 e. The first-order valence-electron chi connectivity index (χ1n) is 6.49. The molecular formula is C14H12N6O. The fraction of sp³-hybridized carbons (Fsp3) is 0.0714. The average Bonchev–Trinajstić information content (AvgIpc) is 3.17. The van der Waals surface area contributed by atoms with Gasteiger partial charge in [-0.2, -0.15) is 5.10 Å². The first-order valence-corrected chi connectivity index (χ1v) is 6.49. The van der Waals surface area contributed by atoms with Crippen LogP contribution in [0, 0.1) is 0 Å². The summed E-state index contributed by atoms with van der Waals surface area (Å²) in [6.07, 6.45) is 1.62. The summed E-state index contributed by atoms with van der Waals surface area (Å²) in [5.41, 5.74) is 8.23. The standard InChI is InChI=1S/C14H12N6O/c15-13-12(10(21)7-20(13)11-5-6-16-19-11)14-17-8-3-1-2-4-9(8)18-14/h1-6H,7,15H2,(H,16,19)(H,17,18). The van der Waals surface area contributed by atoms with Crippen LogP contribution in [0.3, 0.4) is 0 Å². The second-order valence-electron chi connectivity index (χ2n) is 4.81. The molecule has 0 amide bonds. The molecule has 0 saturated heterocycles. The number of aromatic amines is 2. The molecule has 2 aromatic heterocycles. The highest BCUT2D eigenvalue weighted by Crippen LogP contribution is 2.28. The van der Waals surface area contributed by atoms with Crippen molar-refractivity contribution < 1.29 is 4.79 Å². The molecule has 3 aromatic rings. The SMILES string of the molecule is NC1=C(c2nc3ccccc3[nH]2)C(=O)CN1c1ccn[nH]1. The second-order valence-corrected chi connectivity index (χ2v) is 4.81. The van der Waals surface area contributed by atoms with Crippen LogP contribution in [0.5, 0.6) is 0 Å². The first kappa shape index (κ1) is 11.7. The number of aromatic nitrogens is 4. The van der Waals surface area contributed by atoms with Gasteiger partial charge in [0.2, 0.25) is 0 Å². The lowest BCUT2D eigenvalue weighted by Gasteiger charge is -2.15. The minimum Gasteiger partial charge on any atom is -0.384 e. The summed E-state index contributed by atoms with van der Waals surface area (Å²) in [5, 5.41) is 6.69. The molecule has 3 heterocycles. The van der Waals surface area contributed by atoms with E-state index < -0.39 is 0 Å². The molecule has 7 heteroatoms. The first-order chi connectivity index (χ1) is 10.2. The molecular weight excluding hydrogens is 268 g/mol. The van der Waals surface area contributed by atoms with Gasteiger partial charge in [0.15, 0.2) is 5.78 Å². The van der Waals surface area contributed by atoms with E-state index >= 15 is 0 Å². The van der Waals surface area contributed by atoms with Crippen molar-refractivity contribution in [3.05, 3.63) is 48.2 Å². The van der Waals surface area contributed by atoms with E-state index in [1.54, 1.807) is 17.2 Å². The van der Waals surface area contributed by atoms with E-state index in [0.29, 0.717) is 23.0 Å². The van der Waals surface area contributed by atoms with E-state index in [-0.39, 0.29) is 12.3 Å². The number of hydrogen-bond acceptors (Lipinski definition) is 5. The molecule has 0 fully saturated rings. The van der Waals surface area contributed by atoms with Crippen LogP contribution in [-0.4, -0.2) is 32.5 Å². The van der Waals surface area contributed by atoms with Gasteiger partial charge in [0.05, 0.1) is 23.8 Å². The lowest BCUT2D eigenvalue weighted by Crippen LogP contribution is -2.25. The average molecular weight is 280 g/mol. The van der Waals surface area contributed by atoms with E-state index in [1.807, 2.05) is 24.3 Å². The van der Waals surface area contributed by atoms with Gasteiger partial charge in [0.1, 0.15) is 23.0 Å². The summed E-state index contributed by atoms with van der Waals surface area (Å²) in [7, 11) is 0. The number of fused-ring (bicyclic) bond motifs is 1. The van der Waals surface area contributed by atoms with Crippen molar-refractivity contribution in [1.82, 2.24) is 20.2 Å². The third kappa shape index (κ3) is 1.71. The Labute approximate surface area is 119 Å². The molecule has 104 valence electrons. The highest BCUT2D eigenvalue weighted by atomic mass is 16.1. The van der Waals surface area contributed by atoms with E-state index in [0.717, 1.165) is 11.0 Å². The zero-order chi connectivity index (χ0) is 14.4. The van der Waals surface area contributed by atoms with Crippen molar-refractivity contribution in [3.8, 4) is 0 Å². The van der Waals surface area contributed by atoms with Gasteiger partial charge < -0.3 is 15.6 Å². The predicted octanol–water partition coefficient (Wildman–Crippen LogP) is 1.00. The number of nitrogens with one attached hydrogen (secondary N) is 2. The Balaban J connectivity index is 1.84. The number of anilines is 1. The van der Waals surface area contributed by atoms with E-state index in [4.69, 9.17) is 5.73 Å². The number of imidazole rings is 1. The van der Waals surface area contributed by atoms with Gasteiger partial charge in [-0.3, -0.25) is 9.89 Å². The molecule has 0 radical (unpaired) electrons. The predicted molar refractivity (Wildman–Crippen MR) is 78.1 cm³/mol. The molecule has 1 aromatic carbocycles. The molecule has 4 rings (SSSR count). The van der Waals surface area contributed by atoms with Gasteiger partial charge in [0, 0.05) is 6.07 Å². The van der Waals surface area contributed by atoms with Crippen molar-refractivity contribution in [3.63, 3.8) is 0 Å². The number of rotatable bonds is 2. The smallest absolute Gasteiger partial charge is 0.190 e. The quantitative estimate of drug-likeness (QED) is 0.649. The van der Waals surface area contributed by atoms with Gasteiger partial charge in [-0.25, -0.2) is 4.98 Å². The van der Waals surface area contributed by atoms with Crippen LogP contribution >= 0.6 is 0 Å². The van der Waals surface area contributed by atoms with Gasteiger partial charge in [0.25, 0.3) is 0 Å². The number of nitrogens with two attached hydrogens (primary N) is 1. The maximum Gasteiger partial charge on any atom is 0.190 e. The molecule has 0 aliphatic carbocycles. The van der Waals surface area contributed by atoms with Crippen molar-refractivity contribution in [2.75, 3.05) is 11.4 Å². The summed E-state index contributed by atoms with van der Waals surface area (Å²) in [6, 6.07) is 9.38. The third-order valence-electron chi connectivity index (χ3n) is 3.53. The monoisotopic (exact) mass is 280 g/mol. The molecule has 1 aliphatic rings. The van der Waals surface area contributed by atoms with Crippen molar-refractivity contribution in [1.29, 1.82) is 0 Å². The third-order valence-corrected chi connectivity index (χ3v) is 3.53. The zero-order valence-electron chi connectivity index (χ0n) is 11.0. The number of nitrogens with zero attached hydrogens (tertiary/aromatic N) is 3. The minimum absolute atomic E-state index is 0.0684. The van der Waals surface area contributed by atoms with Crippen LogP contribution < -0.4 is 10.6 Å². The molecule has 0 saturated carbocycles. The molecule has 7 nitrogen and oxygen atoms in total. The van der Waals surface area contributed by atoms with Crippen LogP contribution in [-0.2, 0) is 4.79 Å². The van der Waals surface area contributed by atoms with Gasteiger partial charge in [-0.15, -0.1) is 0 Å². The number of carbonyl (C=O) groups is 1. The zero-order valence-corrected chi connectivity index (χ0v) is 11.0. The van der Waals surface area contributed by atoms with E-state index in [9.17, 15) is 4.79 Å². The molecule has 0 unspecified atom stereocenters. The number of benzene rings is 1. The Kier molecular flexibility index (Phi) is 2.34. The topological polar surface area (TPSA) is 104 Å².